The minimum Gasteiger partial charge on any atom is -0.444 e. The molecule has 0 aliphatic rings. The molecule has 1 atom stereocenters. The maximum atomic E-state index is 13.1. The van der Waals surface area contributed by atoms with Crippen LogP contribution in [0, 0.1) is 27.7 Å². The molecular weight excluding hydrogens is 500 g/mol. The van der Waals surface area contributed by atoms with Crippen LogP contribution in [0.25, 0.3) is 0 Å². The first-order valence-electron chi connectivity index (χ1n) is 11.6. The second-order valence-electron chi connectivity index (χ2n) is 9.76. The van der Waals surface area contributed by atoms with Crippen molar-refractivity contribution in [2.75, 3.05) is 12.3 Å². The Balaban J connectivity index is 2.06. The van der Waals surface area contributed by atoms with E-state index in [0.29, 0.717) is 16.9 Å². The summed E-state index contributed by atoms with van der Waals surface area (Å²) in [5.74, 6) is -0.722. The van der Waals surface area contributed by atoms with Crippen molar-refractivity contribution in [3.05, 3.63) is 44.9 Å². The summed E-state index contributed by atoms with van der Waals surface area (Å²) in [6.07, 6.45) is 1.47. The number of thiazole rings is 1. The molecule has 0 saturated carbocycles. The van der Waals surface area contributed by atoms with Crippen molar-refractivity contribution in [3.8, 4) is 0 Å². The van der Waals surface area contributed by atoms with Crippen molar-refractivity contribution < 1.29 is 22.7 Å². The first-order chi connectivity index (χ1) is 16.6. The second-order valence-corrected chi connectivity index (χ2v) is 12.6. The van der Waals surface area contributed by atoms with Crippen molar-refractivity contribution >= 4 is 38.9 Å². The largest absolute Gasteiger partial charge is 0.444 e. The molecule has 0 aliphatic carbocycles. The lowest BCUT2D eigenvalue weighted by molar-refractivity contribution is 0.0488. The molecule has 198 valence electrons. The van der Waals surface area contributed by atoms with E-state index in [0.717, 1.165) is 16.7 Å². The third-order valence-corrected chi connectivity index (χ3v) is 8.26. The first kappa shape index (κ1) is 29.4. The Labute approximate surface area is 217 Å². The number of ketones is 1. The summed E-state index contributed by atoms with van der Waals surface area (Å²) in [4.78, 5) is 33.6. The number of nitrogens with two attached hydrogens (primary N) is 1. The minimum atomic E-state index is -3.68. The molecule has 11 heteroatoms. The van der Waals surface area contributed by atoms with E-state index in [4.69, 9.17) is 10.5 Å². The zero-order valence-corrected chi connectivity index (χ0v) is 23.6. The van der Waals surface area contributed by atoms with Gasteiger partial charge >= 0.3 is 6.09 Å². The maximum absolute atomic E-state index is 13.1. The second kappa shape index (κ2) is 12.0. The molecule has 0 spiro atoms. The van der Waals surface area contributed by atoms with Crippen molar-refractivity contribution in [1.29, 1.82) is 0 Å². The number of carbonyl (C=O) groups is 2. The molecule has 9 nitrogen and oxygen atoms in total. The number of hydrogen-bond acceptors (Lipinski definition) is 8. The summed E-state index contributed by atoms with van der Waals surface area (Å²) in [7, 11) is -3.68. The number of nitrogens with zero attached hydrogens (tertiary/aromatic N) is 2. The molecule has 0 unspecified atom stereocenters. The van der Waals surface area contributed by atoms with Crippen LogP contribution in [0.15, 0.2) is 27.5 Å². The third kappa shape index (κ3) is 8.12. The number of aromatic nitrogens is 1. The Bertz CT molecular complexity index is 1230. The maximum Gasteiger partial charge on any atom is 0.408 e. The fourth-order valence-corrected chi connectivity index (χ4v) is 6.21. The number of ether oxygens (including phenoxy) is 1. The van der Waals surface area contributed by atoms with Crippen LogP contribution in [0.5, 0.6) is 0 Å². The molecule has 36 heavy (non-hydrogen) atoms. The minimum absolute atomic E-state index is 0.00469. The Morgan fingerprint density at radius 2 is 1.83 bits per heavy atom. The lowest BCUT2D eigenvalue weighted by Crippen LogP contribution is -2.43. The molecule has 2 aromatic rings. The summed E-state index contributed by atoms with van der Waals surface area (Å²) >= 11 is 1.18. The van der Waals surface area contributed by atoms with Crippen LogP contribution < -0.4 is 11.1 Å². The van der Waals surface area contributed by atoms with Gasteiger partial charge in [0.2, 0.25) is 5.78 Å². The number of carbonyl (C=O) groups excluding carboxylic acids is 2. The number of alkyl carbamates (subject to hydrolysis) is 1. The Morgan fingerprint density at radius 1 is 1.17 bits per heavy atom. The highest BCUT2D eigenvalue weighted by Crippen LogP contribution is 2.26. The van der Waals surface area contributed by atoms with Gasteiger partial charge in [0.05, 0.1) is 10.9 Å². The van der Waals surface area contributed by atoms with Gasteiger partial charge in [-0.2, -0.15) is 0 Å². The average molecular weight is 537 g/mol. The van der Waals surface area contributed by atoms with Gasteiger partial charge in [-0.3, -0.25) is 9.79 Å². The zero-order chi connectivity index (χ0) is 27.3. The van der Waals surface area contributed by atoms with Gasteiger partial charge in [0.1, 0.15) is 17.2 Å². The SMILES string of the molecule is Cc1cc(C)c(S(=O)(=O)CC(N)=NCCC[C@H](NC(=O)OC(C)(C)C)C(=O)c2nccs2)c(C)c1C. The fraction of sp³-hybridized carbons (Fsp3) is 0.520. The molecule has 1 heterocycles. The monoisotopic (exact) mass is 536 g/mol. The first-order valence-corrected chi connectivity index (χ1v) is 14.2. The van der Waals surface area contributed by atoms with Gasteiger partial charge in [-0.05, 0) is 83.6 Å². The number of sulfone groups is 1. The van der Waals surface area contributed by atoms with Crippen LogP contribution in [-0.4, -0.2) is 55.1 Å². The predicted molar refractivity (Wildman–Crippen MR) is 143 cm³/mol. The van der Waals surface area contributed by atoms with Crippen LogP contribution in [0.2, 0.25) is 0 Å². The summed E-state index contributed by atoms with van der Waals surface area (Å²) in [6.45, 7) is 12.8. The van der Waals surface area contributed by atoms with Crippen molar-refractivity contribution in [1.82, 2.24) is 10.3 Å². The van der Waals surface area contributed by atoms with Gasteiger partial charge < -0.3 is 15.8 Å². The average Bonchev–Trinajstić information content (AvgIpc) is 3.26. The topological polar surface area (TPSA) is 141 Å². The molecule has 1 aromatic carbocycles. The number of nitrogens with one attached hydrogen (secondary N) is 1. The van der Waals surface area contributed by atoms with E-state index in [-0.39, 0.29) is 29.6 Å². The van der Waals surface area contributed by atoms with Crippen LogP contribution in [0.1, 0.15) is 65.7 Å². The third-order valence-electron chi connectivity index (χ3n) is 5.55. The Kier molecular flexibility index (Phi) is 9.78. The number of hydrogen-bond donors (Lipinski definition) is 2. The van der Waals surface area contributed by atoms with Crippen LogP contribution in [0.3, 0.4) is 0 Å². The molecule has 1 aromatic heterocycles. The fourth-order valence-electron chi connectivity index (χ4n) is 3.78. The molecule has 0 bridgehead atoms. The molecule has 3 N–H and O–H groups in total. The molecule has 0 aliphatic heterocycles. The lowest BCUT2D eigenvalue weighted by atomic mass is 10.0. The van der Waals surface area contributed by atoms with Crippen molar-refractivity contribution in [3.63, 3.8) is 0 Å². The van der Waals surface area contributed by atoms with Crippen molar-refractivity contribution in [2.45, 2.75) is 77.8 Å². The number of benzene rings is 1. The Morgan fingerprint density at radius 3 is 2.42 bits per heavy atom. The summed E-state index contributed by atoms with van der Waals surface area (Å²) in [5.41, 5.74) is 8.63. The summed E-state index contributed by atoms with van der Waals surface area (Å²) in [5, 5.41) is 4.58. The molecule has 0 fully saturated rings. The van der Waals surface area contributed by atoms with E-state index in [1.165, 1.54) is 17.5 Å². The quantitative estimate of drug-likeness (QED) is 0.202. The van der Waals surface area contributed by atoms with E-state index >= 15 is 0 Å². The van der Waals surface area contributed by atoms with Crippen LogP contribution in [-0.2, 0) is 14.6 Å². The van der Waals surface area contributed by atoms with E-state index in [2.05, 4.69) is 15.3 Å². The van der Waals surface area contributed by atoms with Gasteiger partial charge in [-0.15, -0.1) is 11.3 Å². The number of Topliss-reactive ketones (excluding diaryl/α,β-unsaturated/α-hetero) is 1. The number of aryl methyl sites for hydroxylation is 2. The predicted octanol–water partition coefficient (Wildman–Crippen LogP) is 4.06. The molecule has 1 amide bonds. The molecule has 0 saturated heterocycles. The molecule has 2 rings (SSSR count). The number of aliphatic imine (C=N–C) groups is 1. The summed E-state index contributed by atoms with van der Waals surface area (Å²) in [6, 6.07) is 1.01. The molecule has 0 radical (unpaired) electrons. The van der Waals surface area contributed by atoms with Crippen molar-refractivity contribution in [2.24, 2.45) is 10.7 Å². The highest BCUT2D eigenvalue weighted by atomic mass is 32.2. The smallest absolute Gasteiger partial charge is 0.408 e. The van der Waals surface area contributed by atoms with E-state index in [1.807, 2.05) is 19.9 Å². The molecular formula is C25H36N4O5S2. The standard InChI is InChI=1S/C25H36N4O5S2/c1-15-13-16(2)22(18(4)17(15)3)36(32,33)14-20(26)27-10-8-9-19(21(30)23-28-11-12-35-23)29-24(31)34-25(5,6)7/h11-13,19H,8-10,14H2,1-7H3,(H2,26,27)(H,29,31)/t19-/m0/s1. The van der Waals surface area contributed by atoms with Crippen LogP contribution >= 0.6 is 11.3 Å². The number of rotatable bonds is 10. The zero-order valence-electron chi connectivity index (χ0n) is 22.0. The Hall–Kier alpha value is -2.79. The van der Waals surface area contributed by atoms with Gasteiger partial charge in [0.15, 0.2) is 14.8 Å². The van der Waals surface area contributed by atoms with Gasteiger partial charge in [0.25, 0.3) is 0 Å². The van der Waals surface area contributed by atoms with Gasteiger partial charge in [-0.1, -0.05) is 6.07 Å². The summed E-state index contributed by atoms with van der Waals surface area (Å²) < 4.78 is 31.4. The van der Waals surface area contributed by atoms with E-state index in [1.54, 1.807) is 40.0 Å². The van der Waals surface area contributed by atoms with Gasteiger partial charge in [0, 0.05) is 18.1 Å². The lowest BCUT2D eigenvalue weighted by Gasteiger charge is -2.22. The highest BCUT2D eigenvalue weighted by Gasteiger charge is 2.27. The number of amides is 1. The number of amidine groups is 1. The van der Waals surface area contributed by atoms with E-state index in [9.17, 15) is 18.0 Å². The van der Waals surface area contributed by atoms with Crippen LogP contribution in [0.4, 0.5) is 4.79 Å². The van der Waals surface area contributed by atoms with E-state index < -0.39 is 33.3 Å². The normalized spacial score (nSPS) is 13.4. The highest BCUT2D eigenvalue weighted by molar-refractivity contribution is 7.92. The van der Waals surface area contributed by atoms with Gasteiger partial charge in [-0.25, -0.2) is 18.2 Å².